The van der Waals surface area contributed by atoms with E-state index in [0.717, 1.165) is 6.42 Å². The van der Waals surface area contributed by atoms with Crippen LogP contribution in [0, 0.1) is 0 Å². The van der Waals surface area contributed by atoms with E-state index in [0.29, 0.717) is 15.6 Å². The van der Waals surface area contributed by atoms with Crippen LogP contribution < -0.4 is 5.32 Å². The van der Waals surface area contributed by atoms with Gasteiger partial charge >= 0.3 is 0 Å². The summed E-state index contributed by atoms with van der Waals surface area (Å²) < 4.78 is 0. The predicted molar refractivity (Wildman–Crippen MR) is 63.7 cm³/mol. The Labute approximate surface area is 99.6 Å². The second-order valence-electron chi connectivity index (χ2n) is 3.44. The topological polar surface area (TPSA) is 29.1 Å². The Morgan fingerprint density at radius 2 is 1.87 bits per heavy atom. The number of hydrogen-bond acceptors (Lipinski definition) is 1. The molecule has 1 atom stereocenters. The first-order valence-corrected chi connectivity index (χ1v) is 5.55. The molecule has 0 radical (unpaired) electrons. The van der Waals surface area contributed by atoms with Crippen LogP contribution in [0.25, 0.3) is 0 Å². The molecule has 0 aliphatic heterocycles. The first-order valence-electron chi connectivity index (χ1n) is 4.80. The number of nitrogens with one attached hydrogen (secondary N) is 1. The second kappa shape index (κ2) is 5.38. The number of rotatable bonds is 3. The molecular weight excluding hydrogens is 233 g/mol. The van der Waals surface area contributed by atoms with Gasteiger partial charge in [0.15, 0.2) is 0 Å². The summed E-state index contributed by atoms with van der Waals surface area (Å²) in [5.74, 6) is -0.145. The highest BCUT2D eigenvalue weighted by molar-refractivity contribution is 6.35. The number of hydrogen-bond donors (Lipinski definition) is 1. The van der Waals surface area contributed by atoms with Crippen LogP contribution in [0.1, 0.15) is 30.6 Å². The quantitative estimate of drug-likeness (QED) is 0.868. The van der Waals surface area contributed by atoms with Gasteiger partial charge in [0.25, 0.3) is 5.91 Å². The minimum atomic E-state index is -0.145. The summed E-state index contributed by atoms with van der Waals surface area (Å²) in [6.07, 6.45) is 0.889. The van der Waals surface area contributed by atoms with Crippen molar-refractivity contribution < 1.29 is 4.79 Å². The van der Waals surface area contributed by atoms with Gasteiger partial charge in [-0.25, -0.2) is 0 Å². The Morgan fingerprint density at radius 1 is 1.33 bits per heavy atom. The molecule has 1 aromatic rings. The first kappa shape index (κ1) is 12.3. The van der Waals surface area contributed by atoms with Gasteiger partial charge in [0.2, 0.25) is 0 Å². The fourth-order valence-corrected chi connectivity index (χ4v) is 1.62. The summed E-state index contributed by atoms with van der Waals surface area (Å²) in [5.41, 5.74) is 0.493. The Hall–Kier alpha value is -0.730. The molecule has 0 aromatic heterocycles. The molecule has 2 nitrogen and oxygen atoms in total. The van der Waals surface area contributed by atoms with Crippen LogP contribution in [0.3, 0.4) is 0 Å². The van der Waals surface area contributed by atoms with E-state index in [2.05, 4.69) is 5.32 Å². The Morgan fingerprint density at radius 3 is 2.33 bits per heavy atom. The van der Waals surface area contributed by atoms with Crippen molar-refractivity contribution in [3.8, 4) is 0 Å². The third-order valence-electron chi connectivity index (χ3n) is 2.11. The van der Waals surface area contributed by atoms with Gasteiger partial charge in [0.1, 0.15) is 0 Å². The van der Waals surface area contributed by atoms with Crippen LogP contribution in [0.15, 0.2) is 18.2 Å². The molecule has 1 N–H and O–H groups in total. The molecule has 1 rings (SSSR count). The van der Waals surface area contributed by atoms with Gasteiger partial charge in [-0.15, -0.1) is 0 Å². The van der Waals surface area contributed by atoms with Crippen molar-refractivity contribution in [2.24, 2.45) is 0 Å². The fourth-order valence-electron chi connectivity index (χ4n) is 1.09. The zero-order valence-corrected chi connectivity index (χ0v) is 10.2. The van der Waals surface area contributed by atoms with Crippen molar-refractivity contribution in [1.29, 1.82) is 0 Å². The monoisotopic (exact) mass is 245 g/mol. The lowest BCUT2D eigenvalue weighted by Gasteiger charge is -2.11. The third-order valence-corrected chi connectivity index (χ3v) is 2.55. The minimum Gasteiger partial charge on any atom is -0.350 e. The van der Waals surface area contributed by atoms with Gasteiger partial charge < -0.3 is 5.32 Å². The van der Waals surface area contributed by atoms with E-state index in [1.165, 1.54) is 0 Å². The second-order valence-corrected chi connectivity index (χ2v) is 4.31. The molecule has 0 spiro atoms. The van der Waals surface area contributed by atoms with Gasteiger partial charge in [-0.2, -0.15) is 0 Å². The predicted octanol–water partition coefficient (Wildman–Crippen LogP) is 3.52. The van der Waals surface area contributed by atoms with Gasteiger partial charge in [0, 0.05) is 21.7 Å². The lowest BCUT2D eigenvalue weighted by molar-refractivity contribution is 0.0939. The van der Waals surface area contributed by atoms with Gasteiger partial charge in [-0.3, -0.25) is 4.79 Å². The maximum Gasteiger partial charge on any atom is 0.251 e. The van der Waals surface area contributed by atoms with Crippen molar-refractivity contribution in [3.63, 3.8) is 0 Å². The maximum absolute atomic E-state index is 11.7. The van der Waals surface area contributed by atoms with Crippen molar-refractivity contribution in [2.75, 3.05) is 0 Å². The zero-order valence-electron chi connectivity index (χ0n) is 8.68. The van der Waals surface area contributed by atoms with E-state index in [1.54, 1.807) is 18.2 Å². The lowest BCUT2D eigenvalue weighted by Crippen LogP contribution is -2.31. The van der Waals surface area contributed by atoms with Crippen LogP contribution in [0.2, 0.25) is 10.0 Å². The molecule has 0 bridgehead atoms. The number of carbonyl (C=O) groups excluding carboxylic acids is 1. The van der Waals surface area contributed by atoms with E-state index >= 15 is 0 Å². The molecule has 82 valence electrons. The smallest absolute Gasteiger partial charge is 0.251 e. The molecule has 0 fully saturated rings. The number of halogens is 2. The Kier molecular flexibility index (Phi) is 4.43. The van der Waals surface area contributed by atoms with Crippen molar-refractivity contribution in [3.05, 3.63) is 33.8 Å². The van der Waals surface area contributed by atoms with E-state index in [1.807, 2.05) is 13.8 Å². The number of amides is 1. The van der Waals surface area contributed by atoms with Crippen LogP contribution in [0.5, 0.6) is 0 Å². The summed E-state index contributed by atoms with van der Waals surface area (Å²) >= 11 is 11.6. The number of benzene rings is 1. The normalized spacial score (nSPS) is 12.3. The molecule has 0 saturated heterocycles. The van der Waals surface area contributed by atoms with E-state index < -0.39 is 0 Å². The summed E-state index contributed by atoms with van der Waals surface area (Å²) in [7, 11) is 0. The van der Waals surface area contributed by atoms with Crippen LogP contribution in [-0.4, -0.2) is 11.9 Å². The summed E-state index contributed by atoms with van der Waals surface area (Å²) in [6, 6.07) is 4.95. The molecule has 1 unspecified atom stereocenters. The molecule has 4 heteroatoms. The van der Waals surface area contributed by atoms with Crippen molar-refractivity contribution in [2.45, 2.75) is 26.3 Å². The highest BCUT2D eigenvalue weighted by atomic mass is 35.5. The molecule has 1 aromatic carbocycles. The molecule has 0 aliphatic rings. The standard InChI is InChI=1S/C11H13Cl2NO/c1-3-7(2)14-11(15)8-4-9(12)6-10(13)5-8/h4-7H,3H2,1-2H3,(H,14,15). The molecule has 0 saturated carbocycles. The minimum absolute atomic E-state index is 0.145. The SMILES string of the molecule is CCC(C)NC(=O)c1cc(Cl)cc(Cl)c1. The van der Waals surface area contributed by atoms with Gasteiger partial charge in [-0.05, 0) is 31.5 Å². The molecule has 1 amide bonds. The van der Waals surface area contributed by atoms with Crippen molar-refractivity contribution in [1.82, 2.24) is 5.32 Å². The molecule has 0 heterocycles. The Balaban J connectivity index is 2.82. The van der Waals surface area contributed by atoms with E-state index in [4.69, 9.17) is 23.2 Å². The first-order chi connectivity index (χ1) is 7.02. The van der Waals surface area contributed by atoms with E-state index in [-0.39, 0.29) is 11.9 Å². The van der Waals surface area contributed by atoms with Crippen LogP contribution in [0.4, 0.5) is 0 Å². The van der Waals surface area contributed by atoms with Crippen molar-refractivity contribution >= 4 is 29.1 Å². The highest BCUT2D eigenvalue weighted by Gasteiger charge is 2.09. The Bertz CT molecular complexity index is 345. The summed E-state index contributed by atoms with van der Waals surface area (Å²) in [4.78, 5) is 11.7. The van der Waals surface area contributed by atoms with Crippen LogP contribution in [-0.2, 0) is 0 Å². The largest absolute Gasteiger partial charge is 0.350 e. The summed E-state index contributed by atoms with van der Waals surface area (Å²) in [6.45, 7) is 3.96. The highest BCUT2D eigenvalue weighted by Crippen LogP contribution is 2.19. The third kappa shape index (κ3) is 3.73. The van der Waals surface area contributed by atoms with Gasteiger partial charge in [-0.1, -0.05) is 30.1 Å². The number of carbonyl (C=O) groups is 1. The average molecular weight is 246 g/mol. The molecule has 15 heavy (non-hydrogen) atoms. The fraction of sp³-hybridized carbons (Fsp3) is 0.364. The maximum atomic E-state index is 11.7. The lowest BCUT2D eigenvalue weighted by atomic mass is 10.2. The molecule has 0 aliphatic carbocycles. The van der Waals surface area contributed by atoms with Crippen LogP contribution >= 0.6 is 23.2 Å². The van der Waals surface area contributed by atoms with Gasteiger partial charge in [0.05, 0.1) is 0 Å². The van der Waals surface area contributed by atoms with E-state index in [9.17, 15) is 4.79 Å². The zero-order chi connectivity index (χ0) is 11.4. The average Bonchev–Trinajstić information content (AvgIpc) is 2.16. The molecular formula is C11H13Cl2NO. The summed E-state index contributed by atoms with van der Waals surface area (Å²) in [5, 5.41) is 3.78.